The fourth-order valence-electron chi connectivity index (χ4n) is 2.85. The second-order valence-corrected chi connectivity index (χ2v) is 5.60. The first-order chi connectivity index (χ1) is 9.08. The van der Waals surface area contributed by atoms with Gasteiger partial charge in [0.25, 0.3) is 0 Å². The molecule has 1 atom stereocenters. The number of rotatable bonds is 3. The van der Waals surface area contributed by atoms with Crippen LogP contribution in [0.25, 0.3) is 0 Å². The first kappa shape index (κ1) is 14.1. The van der Waals surface area contributed by atoms with Crippen molar-refractivity contribution in [1.29, 1.82) is 0 Å². The molecule has 19 heavy (non-hydrogen) atoms. The van der Waals surface area contributed by atoms with Gasteiger partial charge in [-0.3, -0.25) is 4.79 Å². The Bertz CT molecular complexity index is 445. The fraction of sp³-hybridized carbons (Fsp3) is 0.562. The molecule has 1 aliphatic rings. The van der Waals surface area contributed by atoms with Crippen molar-refractivity contribution in [2.75, 3.05) is 6.54 Å². The second-order valence-electron chi connectivity index (χ2n) is 5.60. The van der Waals surface area contributed by atoms with Gasteiger partial charge in [0.2, 0.25) is 5.91 Å². The minimum absolute atomic E-state index is 0.0393. The van der Waals surface area contributed by atoms with Crippen LogP contribution in [0.1, 0.15) is 41.5 Å². The van der Waals surface area contributed by atoms with E-state index in [1.54, 1.807) is 0 Å². The molecule has 0 bridgehead atoms. The zero-order valence-electron chi connectivity index (χ0n) is 12.2. The van der Waals surface area contributed by atoms with E-state index in [1.165, 1.54) is 22.3 Å². The van der Waals surface area contributed by atoms with Crippen LogP contribution in [0.3, 0.4) is 0 Å². The number of hydrogen-bond donors (Lipinski definition) is 2. The molecule has 1 fully saturated rings. The Morgan fingerprint density at radius 2 is 1.89 bits per heavy atom. The van der Waals surface area contributed by atoms with Crippen LogP contribution in [0.15, 0.2) is 12.1 Å². The summed E-state index contributed by atoms with van der Waals surface area (Å²) >= 11 is 0. The van der Waals surface area contributed by atoms with Crippen LogP contribution in [0.2, 0.25) is 0 Å². The number of hydrogen-bond acceptors (Lipinski definition) is 2. The van der Waals surface area contributed by atoms with Crippen molar-refractivity contribution in [2.45, 2.75) is 52.6 Å². The Labute approximate surface area is 115 Å². The van der Waals surface area contributed by atoms with Gasteiger partial charge in [0.1, 0.15) is 0 Å². The van der Waals surface area contributed by atoms with Gasteiger partial charge in [-0.05, 0) is 56.7 Å². The number of carbonyl (C=O) groups excluding carboxylic acids is 1. The summed E-state index contributed by atoms with van der Waals surface area (Å²) in [6, 6.07) is 4.37. The highest BCUT2D eigenvalue weighted by atomic mass is 16.2. The summed E-state index contributed by atoms with van der Waals surface area (Å²) in [5, 5.41) is 6.38. The SMILES string of the molecule is Cc1cc(C)c(CNC2CCCCNC2=O)c(C)c1. The average Bonchev–Trinajstić information content (AvgIpc) is 2.53. The number of amides is 1. The van der Waals surface area contributed by atoms with Crippen molar-refractivity contribution in [2.24, 2.45) is 0 Å². The maximum atomic E-state index is 11.9. The van der Waals surface area contributed by atoms with E-state index in [4.69, 9.17) is 0 Å². The third-order valence-electron chi connectivity index (χ3n) is 3.90. The molecule has 2 rings (SSSR count). The Morgan fingerprint density at radius 3 is 2.58 bits per heavy atom. The molecule has 1 aromatic rings. The molecule has 0 aromatic heterocycles. The summed E-state index contributed by atoms with van der Waals surface area (Å²) in [5.74, 6) is 0.153. The first-order valence-electron chi connectivity index (χ1n) is 7.16. The van der Waals surface area contributed by atoms with E-state index in [-0.39, 0.29) is 11.9 Å². The zero-order valence-corrected chi connectivity index (χ0v) is 12.2. The molecule has 1 saturated heterocycles. The Morgan fingerprint density at radius 1 is 1.21 bits per heavy atom. The lowest BCUT2D eigenvalue weighted by molar-refractivity contribution is -0.122. The number of carbonyl (C=O) groups is 1. The monoisotopic (exact) mass is 260 g/mol. The molecule has 1 aliphatic heterocycles. The van der Waals surface area contributed by atoms with Crippen molar-refractivity contribution in [3.63, 3.8) is 0 Å². The van der Waals surface area contributed by atoms with Gasteiger partial charge >= 0.3 is 0 Å². The number of nitrogens with one attached hydrogen (secondary N) is 2. The predicted molar refractivity (Wildman–Crippen MR) is 78.1 cm³/mol. The lowest BCUT2D eigenvalue weighted by Gasteiger charge is -2.18. The minimum Gasteiger partial charge on any atom is -0.355 e. The predicted octanol–water partition coefficient (Wildman–Crippen LogP) is 2.37. The van der Waals surface area contributed by atoms with Gasteiger partial charge in [0.15, 0.2) is 0 Å². The van der Waals surface area contributed by atoms with E-state index in [0.29, 0.717) is 0 Å². The van der Waals surface area contributed by atoms with Crippen molar-refractivity contribution in [3.05, 3.63) is 34.4 Å². The Kier molecular flexibility index (Phi) is 4.59. The Hall–Kier alpha value is -1.35. The van der Waals surface area contributed by atoms with E-state index in [9.17, 15) is 4.79 Å². The van der Waals surface area contributed by atoms with Gasteiger partial charge < -0.3 is 10.6 Å². The molecule has 1 heterocycles. The molecule has 1 aromatic carbocycles. The van der Waals surface area contributed by atoms with Gasteiger partial charge in [-0.1, -0.05) is 17.7 Å². The summed E-state index contributed by atoms with van der Waals surface area (Å²) < 4.78 is 0. The number of aryl methyl sites for hydroxylation is 3. The maximum Gasteiger partial charge on any atom is 0.237 e. The van der Waals surface area contributed by atoms with Crippen LogP contribution < -0.4 is 10.6 Å². The molecule has 1 unspecified atom stereocenters. The smallest absolute Gasteiger partial charge is 0.237 e. The topological polar surface area (TPSA) is 41.1 Å². The van der Waals surface area contributed by atoms with E-state index >= 15 is 0 Å². The van der Waals surface area contributed by atoms with Gasteiger partial charge in [0.05, 0.1) is 6.04 Å². The molecular weight excluding hydrogens is 236 g/mol. The van der Waals surface area contributed by atoms with Crippen LogP contribution in [0.4, 0.5) is 0 Å². The third kappa shape index (κ3) is 3.57. The molecule has 0 aliphatic carbocycles. The van der Waals surface area contributed by atoms with Gasteiger partial charge in [-0.15, -0.1) is 0 Å². The normalized spacial score (nSPS) is 19.9. The third-order valence-corrected chi connectivity index (χ3v) is 3.90. The standard InChI is InChI=1S/C16H24N2O/c1-11-8-12(2)14(13(3)9-11)10-18-15-6-4-5-7-17-16(15)19/h8-9,15,18H,4-7,10H2,1-3H3,(H,17,19). The molecular formula is C16H24N2O. The summed E-state index contributed by atoms with van der Waals surface area (Å²) in [6.45, 7) is 8.00. The summed E-state index contributed by atoms with van der Waals surface area (Å²) in [6.07, 6.45) is 3.14. The van der Waals surface area contributed by atoms with Gasteiger partial charge in [-0.2, -0.15) is 0 Å². The highest BCUT2D eigenvalue weighted by molar-refractivity contribution is 5.81. The van der Waals surface area contributed by atoms with Crippen molar-refractivity contribution >= 4 is 5.91 Å². The second kappa shape index (κ2) is 6.20. The van der Waals surface area contributed by atoms with Crippen LogP contribution in [0.5, 0.6) is 0 Å². The van der Waals surface area contributed by atoms with Crippen molar-refractivity contribution in [3.8, 4) is 0 Å². The van der Waals surface area contributed by atoms with Crippen LogP contribution in [-0.2, 0) is 11.3 Å². The summed E-state index contributed by atoms with van der Waals surface area (Å²) in [4.78, 5) is 11.9. The molecule has 0 saturated carbocycles. The van der Waals surface area contributed by atoms with Gasteiger partial charge in [0, 0.05) is 13.1 Å². The molecule has 3 heteroatoms. The van der Waals surface area contributed by atoms with Crippen molar-refractivity contribution < 1.29 is 4.79 Å². The fourth-order valence-corrected chi connectivity index (χ4v) is 2.85. The van der Waals surface area contributed by atoms with Gasteiger partial charge in [-0.25, -0.2) is 0 Å². The van der Waals surface area contributed by atoms with E-state index in [2.05, 4.69) is 43.5 Å². The minimum atomic E-state index is -0.0393. The lowest BCUT2D eigenvalue weighted by atomic mass is 9.99. The maximum absolute atomic E-state index is 11.9. The highest BCUT2D eigenvalue weighted by Crippen LogP contribution is 2.17. The first-order valence-corrected chi connectivity index (χ1v) is 7.16. The Balaban J connectivity index is 2.04. The molecule has 0 radical (unpaired) electrons. The zero-order chi connectivity index (χ0) is 13.8. The highest BCUT2D eigenvalue weighted by Gasteiger charge is 2.20. The quantitative estimate of drug-likeness (QED) is 0.876. The summed E-state index contributed by atoms with van der Waals surface area (Å²) in [5.41, 5.74) is 5.23. The van der Waals surface area contributed by atoms with Crippen LogP contribution >= 0.6 is 0 Å². The molecule has 3 nitrogen and oxygen atoms in total. The number of benzene rings is 1. The molecule has 0 spiro atoms. The molecule has 2 N–H and O–H groups in total. The van der Waals surface area contributed by atoms with E-state index in [0.717, 1.165) is 32.4 Å². The van der Waals surface area contributed by atoms with E-state index < -0.39 is 0 Å². The summed E-state index contributed by atoms with van der Waals surface area (Å²) in [7, 11) is 0. The van der Waals surface area contributed by atoms with Crippen molar-refractivity contribution in [1.82, 2.24) is 10.6 Å². The molecule has 104 valence electrons. The average molecular weight is 260 g/mol. The van der Waals surface area contributed by atoms with Crippen LogP contribution in [0, 0.1) is 20.8 Å². The van der Waals surface area contributed by atoms with Crippen LogP contribution in [-0.4, -0.2) is 18.5 Å². The lowest BCUT2D eigenvalue weighted by Crippen LogP contribution is -2.42. The largest absolute Gasteiger partial charge is 0.355 e. The molecule has 1 amide bonds. The van der Waals surface area contributed by atoms with E-state index in [1.807, 2.05) is 0 Å².